The zero-order valence-corrected chi connectivity index (χ0v) is 13.5. The number of rotatable bonds is 8. The highest BCUT2D eigenvalue weighted by Crippen LogP contribution is 2.05. The van der Waals surface area contributed by atoms with E-state index in [1.807, 2.05) is 60.4 Å². The molecule has 0 unspecified atom stereocenters. The van der Waals surface area contributed by atoms with E-state index in [1.54, 1.807) is 0 Å². The van der Waals surface area contributed by atoms with E-state index in [0.29, 0.717) is 19.6 Å². The van der Waals surface area contributed by atoms with Crippen molar-refractivity contribution in [3.05, 3.63) is 71.3 Å². The lowest BCUT2D eigenvalue weighted by atomic mass is 10.1. The number of aryl methyl sites for hydroxylation is 1. The zero-order valence-electron chi connectivity index (χ0n) is 13.5. The summed E-state index contributed by atoms with van der Waals surface area (Å²) in [4.78, 5) is 14.1. The molecule has 0 fully saturated rings. The first-order chi connectivity index (χ1) is 11.2. The van der Waals surface area contributed by atoms with Crippen LogP contribution in [0.2, 0.25) is 0 Å². The Bertz CT molecular complexity index is 614. The summed E-state index contributed by atoms with van der Waals surface area (Å²) in [6.07, 6.45) is 0. The van der Waals surface area contributed by atoms with Crippen LogP contribution in [-0.2, 0) is 17.9 Å². The summed E-state index contributed by atoms with van der Waals surface area (Å²) in [6, 6.07) is 18.1. The van der Waals surface area contributed by atoms with Crippen LogP contribution < -0.4 is 5.32 Å². The fraction of sp³-hybridized carbons (Fsp3) is 0.316. The first kappa shape index (κ1) is 17.2. The molecule has 0 atom stereocenters. The summed E-state index contributed by atoms with van der Waals surface area (Å²) in [5.41, 5.74) is 3.41. The molecular weight excluding hydrogens is 288 g/mol. The fourth-order valence-corrected chi connectivity index (χ4v) is 2.48. The molecule has 0 heterocycles. The van der Waals surface area contributed by atoms with E-state index in [4.69, 9.17) is 0 Å². The van der Waals surface area contributed by atoms with Crippen molar-refractivity contribution in [2.45, 2.75) is 20.0 Å². The van der Waals surface area contributed by atoms with Crippen molar-refractivity contribution >= 4 is 5.91 Å². The van der Waals surface area contributed by atoms with E-state index in [2.05, 4.69) is 11.4 Å². The van der Waals surface area contributed by atoms with Gasteiger partial charge in [-0.15, -0.1) is 0 Å². The standard InChI is InChI=1S/C19H24N2O2/c1-16-6-5-9-18(12-16)13-20-19(23)15-21(10-11-22)14-17-7-3-2-4-8-17/h2-9,12,22H,10-11,13-15H2,1H3,(H,20,23). The number of hydrogen-bond acceptors (Lipinski definition) is 3. The second-order valence-corrected chi connectivity index (χ2v) is 5.69. The van der Waals surface area contributed by atoms with E-state index < -0.39 is 0 Å². The second kappa shape index (κ2) is 9.08. The average Bonchev–Trinajstić information content (AvgIpc) is 2.54. The zero-order chi connectivity index (χ0) is 16.5. The predicted octanol–water partition coefficient (Wildman–Crippen LogP) is 2.11. The smallest absolute Gasteiger partial charge is 0.234 e. The van der Waals surface area contributed by atoms with E-state index in [9.17, 15) is 9.90 Å². The lowest BCUT2D eigenvalue weighted by Gasteiger charge is -2.21. The van der Waals surface area contributed by atoms with E-state index >= 15 is 0 Å². The third-order valence-corrected chi connectivity index (χ3v) is 3.60. The van der Waals surface area contributed by atoms with Crippen molar-refractivity contribution in [2.75, 3.05) is 19.7 Å². The van der Waals surface area contributed by atoms with Gasteiger partial charge in [0.1, 0.15) is 0 Å². The van der Waals surface area contributed by atoms with Crippen LogP contribution >= 0.6 is 0 Å². The number of amides is 1. The van der Waals surface area contributed by atoms with Crippen LogP contribution in [-0.4, -0.2) is 35.6 Å². The Hall–Kier alpha value is -2.17. The lowest BCUT2D eigenvalue weighted by molar-refractivity contribution is -0.122. The minimum atomic E-state index is -0.0316. The summed E-state index contributed by atoms with van der Waals surface area (Å²) in [7, 11) is 0. The number of hydrogen-bond donors (Lipinski definition) is 2. The summed E-state index contributed by atoms with van der Waals surface area (Å²) >= 11 is 0. The molecular formula is C19H24N2O2. The normalized spacial score (nSPS) is 10.7. The molecule has 4 heteroatoms. The number of benzene rings is 2. The number of nitrogens with zero attached hydrogens (tertiary/aromatic N) is 1. The molecule has 1 amide bonds. The molecule has 2 rings (SSSR count). The van der Waals surface area contributed by atoms with Crippen molar-refractivity contribution in [1.29, 1.82) is 0 Å². The van der Waals surface area contributed by atoms with Gasteiger partial charge < -0.3 is 10.4 Å². The molecule has 0 aliphatic heterocycles. The van der Waals surface area contributed by atoms with Crippen molar-refractivity contribution in [3.63, 3.8) is 0 Å². The Labute approximate surface area is 137 Å². The maximum absolute atomic E-state index is 12.1. The Balaban J connectivity index is 1.85. The summed E-state index contributed by atoms with van der Waals surface area (Å²) < 4.78 is 0. The van der Waals surface area contributed by atoms with E-state index in [-0.39, 0.29) is 19.1 Å². The second-order valence-electron chi connectivity index (χ2n) is 5.69. The summed E-state index contributed by atoms with van der Waals surface area (Å²) in [5.74, 6) is -0.0316. The first-order valence-electron chi connectivity index (χ1n) is 7.87. The van der Waals surface area contributed by atoms with Crippen LogP contribution in [0.1, 0.15) is 16.7 Å². The molecule has 0 aliphatic carbocycles. The minimum Gasteiger partial charge on any atom is -0.395 e. The van der Waals surface area contributed by atoms with Gasteiger partial charge in [0.2, 0.25) is 5.91 Å². The van der Waals surface area contributed by atoms with Crippen LogP contribution in [0.3, 0.4) is 0 Å². The van der Waals surface area contributed by atoms with Gasteiger partial charge in [-0.3, -0.25) is 9.69 Å². The Kier molecular flexibility index (Phi) is 6.78. The van der Waals surface area contributed by atoms with Crippen molar-refractivity contribution in [2.24, 2.45) is 0 Å². The molecule has 0 aliphatic rings. The molecule has 4 nitrogen and oxygen atoms in total. The minimum absolute atomic E-state index is 0.0316. The average molecular weight is 312 g/mol. The van der Waals surface area contributed by atoms with Crippen LogP contribution in [0.4, 0.5) is 0 Å². The number of aliphatic hydroxyl groups excluding tert-OH is 1. The van der Waals surface area contributed by atoms with Gasteiger partial charge in [-0.1, -0.05) is 60.2 Å². The van der Waals surface area contributed by atoms with Gasteiger partial charge in [0, 0.05) is 19.6 Å². The molecule has 0 saturated carbocycles. The molecule has 0 radical (unpaired) electrons. The third-order valence-electron chi connectivity index (χ3n) is 3.60. The largest absolute Gasteiger partial charge is 0.395 e. The van der Waals surface area contributed by atoms with Crippen molar-refractivity contribution < 1.29 is 9.90 Å². The molecule has 0 aromatic heterocycles. The molecule has 0 saturated heterocycles. The summed E-state index contributed by atoms with van der Waals surface area (Å²) in [6.45, 7) is 4.01. The highest BCUT2D eigenvalue weighted by molar-refractivity contribution is 5.78. The third kappa shape index (κ3) is 6.22. The lowest BCUT2D eigenvalue weighted by Crippen LogP contribution is -2.38. The van der Waals surface area contributed by atoms with Crippen LogP contribution in [0.25, 0.3) is 0 Å². The van der Waals surface area contributed by atoms with Gasteiger partial charge in [0.05, 0.1) is 13.2 Å². The monoisotopic (exact) mass is 312 g/mol. The van der Waals surface area contributed by atoms with E-state index in [1.165, 1.54) is 5.56 Å². The molecule has 2 aromatic carbocycles. The molecule has 2 N–H and O–H groups in total. The van der Waals surface area contributed by atoms with Gasteiger partial charge in [0.15, 0.2) is 0 Å². The Morgan fingerprint density at radius 2 is 1.83 bits per heavy atom. The SMILES string of the molecule is Cc1cccc(CNC(=O)CN(CCO)Cc2ccccc2)c1. The molecule has 2 aromatic rings. The Morgan fingerprint density at radius 1 is 1.09 bits per heavy atom. The molecule has 0 spiro atoms. The maximum Gasteiger partial charge on any atom is 0.234 e. The summed E-state index contributed by atoms with van der Waals surface area (Å²) in [5, 5.41) is 12.1. The Morgan fingerprint density at radius 3 is 2.52 bits per heavy atom. The molecule has 122 valence electrons. The highest BCUT2D eigenvalue weighted by atomic mass is 16.3. The number of aliphatic hydroxyl groups is 1. The molecule has 0 bridgehead atoms. The predicted molar refractivity (Wildman–Crippen MR) is 91.8 cm³/mol. The fourth-order valence-electron chi connectivity index (χ4n) is 2.48. The quantitative estimate of drug-likeness (QED) is 0.785. The van der Waals surface area contributed by atoms with Gasteiger partial charge in [-0.2, -0.15) is 0 Å². The topological polar surface area (TPSA) is 52.6 Å². The van der Waals surface area contributed by atoms with Gasteiger partial charge in [-0.25, -0.2) is 0 Å². The maximum atomic E-state index is 12.1. The van der Waals surface area contributed by atoms with Crippen molar-refractivity contribution in [3.8, 4) is 0 Å². The highest BCUT2D eigenvalue weighted by Gasteiger charge is 2.10. The number of carbonyl (C=O) groups excluding carboxylic acids is 1. The first-order valence-corrected chi connectivity index (χ1v) is 7.87. The van der Waals surface area contributed by atoms with E-state index in [0.717, 1.165) is 11.1 Å². The van der Waals surface area contributed by atoms with Crippen molar-refractivity contribution in [1.82, 2.24) is 10.2 Å². The van der Waals surface area contributed by atoms with Gasteiger partial charge >= 0.3 is 0 Å². The van der Waals surface area contributed by atoms with Crippen LogP contribution in [0.15, 0.2) is 54.6 Å². The van der Waals surface area contributed by atoms with Crippen LogP contribution in [0.5, 0.6) is 0 Å². The van der Waals surface area contributed by atoms with Gasteiger partial charge in [0.25, 0.3) is 0 Å². The van der Waals surface area contributed by atoms with Crippen LogP contribution in [0, 0.1) is 6.92 Å². The number of nitrogens with one attached hydrogen (secondary N) is 1. The molecule has 23 heavy (non-hydrogen) atoms. The van der Waals surface area contributed by atoms with Gasteiger partial charge in [-0.05, 0) is 18.1 Å². The number of carbonyl (C=O) groups is 1.